The molecular formula is C20H27ClFN5O2. The van der Waals surface area contributed by atoms with Crippen LogP contribution in [0, 0.1) is 5.82 Å². The summed E-state index contributed by atoms with van der Waals surface area (Å²) in [4.78, 5) is 14.7. The molecule has 9 heteroatoms. The molecule has 158 valence electrons. The molecule has 3 heterocycles. The fraction of sp³-hybridized carbons (Fsp3) is 0.550. The van der Waals surface area contributed by atoms with E-state index < -0.39 is 11.9 Å². The number of hydrogen-bond acceptors (Lipinski definition) is 5. The Bertz CT molecular complexity index is 838. The third-order valence-corrected chi connectivity index (χ3v) is 5.58. The van der Waals surface area contributed by atoms with E-state index in [9.17, 15) is 9.18 Å². The van der Waals surface area contributed by atoms with Crippen molar-refractivity contribution < 1.29 is 13.9 Å². The molecule has 4 rings (SSSR count). The molecule has 1 unspecified atom stereocenters. The van der Waals surface area contributed by atoms with Gasteiger partial charge >= 0.3 is 0 Å². The highest BCUT2D eigenvalue weighted by molar-refractivity contribution is 5.85. The van der Waals surface area contributed by atoms with Crippen LogP contribution in [0.4, 0.5) is 4.39 Å². The van der Waals surface area contributed by atoms with Gasteiger partial charge in [0.25, 0.3) is 5.91 Å². The van der Waals surface area contributed by atoms with Crippen molar-refractivity contribution in [3.8, 4) is 5.75 Å². The molecule has 2 aliphatic rings. The molecule has 0 aliphatic carbocycles. The number of fused-ring (bicyclic) bond motifs is 1. The van der Waals surface area contributed by atoms with E-state index in [2.05, 4.69) is 20.1 Å². The first-order valence-electron chi connectivity index (χ1n) is 10.00. The first kappa shape index (κ1) is 21.5. The second kappa shape index (κ2) is 9.54. The smallest absolute Gasteiger partial charge is 0.263 e. The van der Waals surface area contributed by atoms with Crippen molar-refractivity contribution in [1.82, 2.24) is 25.0 Å². The number of carbonyl (C=O) groups is 1. The summed E-state index contributed by atoms with van der Waals surface area (Å²) in [6.07, 6.45) is 1.54. The van der Waals surface area contributed by atoms with Gasteiger partial charge in [0.05, 0.1) is 6.54 Å². The minimum Gasteiger partial charge on any atom is -0.478 e. The molecule has 1 N–H and O–H groups in total. The van der Waals surface area contributed by atoms with Gasteiger partial charge in [-0.2, -0.15) is 0 Å². The summed E-state index contributed by atoms with van der Waals surface area (Å²) >= 11 is 0. The summed E-state index contributed by atoms with van der Waals surface area (Å²) in [5.41, 5.74) is 0. The van der Waals surface area contributed by atoms with Crippen LogP contribution in [0.2, 0.25) is 0 Å². The number of aromatic nitrogens is 3. The maximum absolute atomic E-state index is 13.9. The minimum atomic E-state index is -0.666. The van der Waals surface area contributed by atoms with Gasteiger partial charge in [-0.1, -0.05) is 19.1 Å². The zero-order valence-corrected chi connectivity index (χ0v) is 17.3. The molecule has 0 saturated carbocycles. The standard InChI is InChI=1S/C20H26FN5O2.ClH/c1-2-16(28-17-6-4-3-5-15(17)21)20(27)25-10-7-14(8-11-25)19-24-23-18-13-22-9-12-26(18)19;/h3-6,14,16,22H,2,7-13H2,1H3;1H. The highest BCUT2D eigenvalue weighted by atomic mass is 35.5. The van der Waals surface area contributed by atoms with E-state index in [1.807, 2.05) is 11.8 Å². The Labute approximate surface area is 176 Å². The third kappa shape index (κ3) is 4.53. The molecule has 1 saturated heterocycles. The van der Waals surface area contributed by atoms with Crippen LogP contribution in [0.3, 0.4) is 0 Å². The van der Waals surface area contributed by atoms with E-state index in [1.165, 1.54) is 6.07 Å². The van der Waals surface area contributed by atoms with E-state index in [1.54, 1.807) is 18.2 Å². The number of para-hydroxylation sites is 1. The van der Waals surface area contributed by atoms with Gasteiger partial charge in [-0.05, 0) is 31.4 Å². The second-order valence-corrected chi connectivity index (χ2v) is 7.35. The summed E-state index contributed by atoms with van der Waals surface area (Å²) < 4.78 is 21.8. The van der Waals surface area contributed by atoms with Crippen molar-refractivity contribution in [3.05, 3.63) is 41.7 Å². The van der Waals surface area contributed by atoms with E-state index in [0.29, 0.717) is 25.4 Å². The van der Waals surface area contributed by atoms with Crippen LogP contribution in [0.25, 0.3) is 0 Å². The molecular weight excluding hydrogens is 397 g/mol. The van der Waals surface area contributed by atoms with Gasteiger partial charge in [-0.25, -0.2) is 4.39 Å². The Morgan fingerprint density at radius 2 is 2.03 bits per heavy atom. The monoisotopic (exact) mass is 423 g/mol. The lowest BCUT2D eigenvalue weighted by Gasteiger charge is -2.34. The van der Waals surface area contributed by atoms with Gasteiger partial charge in [0, 0.05) is 32.1 Å². The number of piperidine rings is 1. The molecule has 0 radical (unpaired) electrons. The molecule has 0 spiro atoms. The lowest BCUT2D eigenvalue weighted by Crippen LogP contribution is -2.45. The normalized spacial score (nSPS) is 17.9. The lowest BCUT2D eigenvalue weighted by atomic mass is 9.95. The maximum Gasteiger partial charge on any atom is 0.263 e. The predicted molar refractivity (Wildman–Crippen MR) is 109 cm³/mol. The van der Waals surface area contributed by atoms with Crippen molar-refractivity contribution in [2.75, 3.05) is 19.6 Å². The Kier molecular flexibility index (Phi) is 7.08. The number of nitrogens with zero attached hydrogens (tertiary/aromatic N) is 4. The molecule has 1 amide bonds. The number of halogens is 2. The number of hydrogen-bond donors (Lipinski definition) is 1. The SMILES string of the molecule is CCC(Oc1ccccc1F)C(=O)N1CCC(c2nnc3n2CCNC3)CC1.Cl. The van der Waals surface area contributed by atoms with Gasteiger partial charge in [0.2, 0.25) is 0 Å². The summed E-state index contributed by atoms with van der Waals surface area (Å²) in [5, 5.41) is 12.0. The third-order valence-electron chi connectivity index (χ3n) is 5.58. The van der Waals surface area contributed by atoms with Gasteiger partial charge in [-0.3, -0.25) is 4.79 Å². The van der Waals surface area contributed by atoms with E-state index >= 15 is 0 Å². The zero-order valence-electron chi connectivity index (χ0n) is 16.5. The predicted octanol–water partition coefficient (Wildman–Crippen LogP) is 2.51. The number of carbonyl (C=O) groups excluding carboxylic acids is 1. The van der Waals surface area contributed by atoms with Crippen LogP contribution < -0.4 is 10.1 Å². The van der Waals surface area contributed by atoms with Crippen molar-refractivity contribution >= 4 is 18.3 Å². The molecule has 1 aromatic carbocycles. The van der Waals surface area contributed by atoms with Gasteiger partial charge in [-0.15, -0.1) is 22.6 Å². The van der Waals surface area contributed by atoms with Crippen molar-refractivity contribution in [3.63, 3.8) is 0 Å². The fourth-order valence-corrected chi connectivity index (χ4v) is 3.98. The van der Waals surface area contributed by atoms with Gasteiger partial charge < -0.3 is 19.5 Å². The minimum absolute atomic E-state index is 0. The molecule has 29 heavy (non-hydrogen) atoms. The Hall–Kier alpha value is -2.19. The quantitative estimate of drug-likeness (QED) is 0.800. The van der Waals surface area contributed by atoms with Crippen molar-refractivity contribution in [2.24, 2.45) is 0 Å². The lowest BCUT2D eigenvalue weighted by molar-refractivity contribution is -0.140. The summed E-state index contributed by atoms with van der Waals surface area (Å²) in [5.74, 6) is 1.95. The summed E-state index contributed by atoms with van der Waals surface area (Å²) in [7, 11) is 0. The molecule has 1 aromatic heterocycles. The maximum atomic E-state index is 13.9. The zero-order chi connectivity index (χ0) is 19.5. The van der Waals surface area contributed by atoms with Gasteiger partial charge in [0.15, 0.2) is 17.7 Å². The molecule has 0 bridgehead atoms. The van der Waals surface area contributed by atoms with Crippen molar-refractivity contribution in [2.45, 2.75) is 51.3 Å². The molecule has 2 aliphatic heterocycles. The number of likely N-dealkylation sites (tertiary alicyclic amines) is 1. The van der Waals surface area contributed by atoms with Crippen LogP contribution >= 0.6 is 12.4 Å². The largest absolute Gasteiger partial charge is 0.478 e. The highest BCUT2D eigenvalue weighted by Gasteiger charge is 2.32. The van der Waals surface area contributed by atoms with Crippen LogP contribution in [0.5, 0.6) is 5.75 Å². The average Bonchev–Trinajstić information content (AvgIpc) is 3.17. The Balaban J connectivity index is 0.00000240. The fourth-order valence-electron chi connectivity index (χ4n) is 3.98. The number of benzene rings is 1. The van der Waals surface area contributed by atoms with E-state index in [0.717, 1.165) is 44.1 Å². The molecule has 1 atom stereocenters. The summed E-state index contributed by atoms with van der Waals surface area (Å²) in [6.45, 7) is 5.77. The number of nitrogens with one attached hydrogen (secondary N) is 1. The summed E-state index contributed by atoms with van der Waals surface area (Å²) in [6, 6.07) is 6.21. The topological polar surface area (TPSA) is 72.3 Å². The molecule has 1 fully saturated rings. The average molecular weight is 424 g/mol. The second-order valence-electron chi connectivity index (χ2n) is 7.35. The van der Waals surface area contributed by atoms with E-state index in [-0.39, 0.29) is 24.1 Å². The van der Waals surface area contributed by atoms with Crippen LogP contribution in [0.15, 0.2) is 24.3 Å². The first-order chi connectivity index (χ1) is 13.7. The number of ether oxygens (including phenoxy) is 1. The molecule has 2 aromatic rings. The Morgan fingerprint density at radius 3 is 2.76 bits per heavy atom. The number of amides is 1. The Morgan fingerprint density at radius 1 is 1.28 bits per heavy atom. The van der Waals surface area contributed by atoms with E-state index in [4.69, 9.17) is 4.74 Å². The van der Waals surface area contributed by atoms with Crippen LogP contribution in [-0.4, -0.2) is 51.3 Å². The highest BCUT2D eigenvalue weighted by Crippen LogP contribution is 2.29. The first-order valence-corrected chi connectivity index (χ1v) is 10.00. The van der Waals surface area contributed by atoms with Crippen molar-refractivity contribution in [1.29, 1.82) is 0 Å². The number of rotatable bonds is 5. The van der Waals surface area contributed by atoms with Crippen LogP contribution in [-0.2, 0) is 17.9 Å². The van der Waals surface area contributed by atoms with Gasteiger partial charge in [0.1, 0.15) is 11.6 Å². The molecule has 7 nitrogen and oxygen atoms in total. The van der Waals surface area contributed by atoms with Crippen LogP contribution in [0.1, 0.15) is 43.8 Å².